The van der Waals surface area contributed by atoms with E-state index in [1.807, 2.05) is 36.4 Å². The summed E-state index contributed by atoms with van der Waals surface area (Å²) in [5.74, 6) is 2.50. The molecule has 1 fully saturated rings. The molecule has 7 nitrogen and oxygen atoms in total. The molecular weight excluding hydrogens is 386 g/mol. The predicted molar refractivity (Wildman–Crippen MR) is 120 cm³/mol. The van der Waals surface area contributed by atoms with Gasteiger partial charge in [0.25, 0.3) is 0 Å². The quantitative estimate of drug-likeness (QED) is 0.496. The smallest absolute Gasteiger partial charge is 0.234 e. The number of hydrogen-bond donors (Lipinski definition) is 2. The highest BCUT2D eigenvalue weighted by molar-refractivity contribution is 7.80. The number of piperidine rings is 1. The molecule has 2 aromatic rings. The van der Waals surface area contributed by atoms with E-state index in [0.717, 1.165) is 43.9 Å². The number of thiocarbonyl (C=S) groups is 1. The SMILES string of the molecule is COCCCNC(=S)Nc1nc(Oc2ccccc2)cc(N2CCCCC2C)n1. The van der Waals surface area contributed by atoms with E-state index < -0.39 is 0 Å². The minimum Gasteiger partial charge on any atom is -0.439 e. The molecule has 0 spiro atoms. The highest BCUT2D eigenvalue weighted by Crippen LogP contribution is 2.28. The molecule has 29 heavy (non-hydrogen) atoms. The summed E-state index contributed by atoms with van der Waals surface area (Å²) in [5, 5.41) is 6.72. The Hall–Kier alpha value is -2.45. The standard InChI is InChI=1S/C21H29N5O2S/c1-16-9-6-7-13-26(16)18-15-19(28-17-10-4-3-5-11-17)24-20(23-18)25-21(29)22-12-8-14-27-2/h3-5,10-11,15-16H,6-9,12-14H2,1-2H3,(H2,22,23,24,25,29). The number of anilines is 2. The van der Waals surface area contributed by atoms with Gasteiger partial charge in [-0.25, -0.2) is 0 Å². The minimum atomic E-state index is 0.426. The summed E-state index contributed by atoms with van der Waals surface area (Å²) < 4.78 is 11.0. The molecule has 0 radical (unpaired) electrons. The van der Waals surface area contributed by atoms with Gasteiger partial charge in [0, 0.05) is 38.9 Å². The Morgan fingerprint density at radius 1 is 1.24 bits per heavy atom. The second kappa shape index (κ2) is 10.9. The topological polar surface area (TPSA) is 71.5 Å². The van der Waals surface area contributed by atoms with Crippen LogP contribution in [0.15, 0.2) is 36.4 Å². The number of methoxy groups -OCH3 is 1. The van der Waals surface area contributed by atoms with E-state index in [-0.39, 0.29) is 0 Å². The molecule has 1 unspecified atom stereocenters. The van der Waals surface area contributed by atoms with Gasteiger partial charge in [-0.2, -0.15) is 9.97 Å². The first-order chi connectivity index (χ1) is 14.2. The molecule has 1 aliphatic heterocycles. The van der Waals surface area contributed by atoms with Crippen molar-refractivity contribution in [3.05, 3.63) is 36.4 Å². The van der Waals surface area contributed by atoms with Crippen molar-refractivity contribution in [1.82, 2.24) is 15.3 Å². The summed E-state index contributed by atoms with van der Waals surface area (Å²) in [6.07, 6.45) is 4.43. The minimum absolute atomic E-state index is 0.426. The van der Waals surface area contributed by atoms with Crippen LogP contribution in [0.5, 0.6) is 11.6 Å². The number of benzene rings is 1. The summed E-state index contributed by atoms with van der Waals surface area (Å²) in [7, 11) is 1.69. The van der Waals surface area contributed by atoms with Crippen molar-refractivity contribution < 1.29 is 9.47 Å². The van der Waals surface area contributed by atoms with Crippen LogP contribution in [0.4, 0.5) is 11.8 Å². The first-order valence-electron chi connectivity index (χ1n) is 10.1. The van der Waals surface area contributed by atoms with Crippen LogP contribution >= 0.6 is 12.2 Å². The van der Waals surface area contributed by atoms with Crippen LogP contribution in [0.25, 0.3) is 0 Å². The third kappa shape index (κ3) is 6.54. The molecule has 0 bridgehead atoms. The fraction of sp³-hybridized carbons (Fsp3) is 0.476. The molecule has 1 aromatic carbocycles. The zero-order chi connectivity index (χ0) is 20.5. The number of para-hydroxylation sites is 1. The molecule has 2 N–H and O–H groups in total. The number of hydrogen-bond acceptors (Lipinski definition) is 6. The number of ether oxygens (including phenoxy) is 2. The van der Waals surface area contributed by atoms with Crippen LogP contribution in [0.2, 0.25) is 0 Å². The van der Waals surface area contributed by atoms with Crippen LogP contribution in [0.3, 0.4) is 0 Å². The Morgan fingerprint density at radius 3 is 2.83 bits per heavy atom. The maximum atomic E-state index is 5.98. The molecule has 1 atom stereocenters. The molecule has 3 rings (SSSR count). The Bertz CT molecular complexity index is 790. The highest BCUT2D eigenvalue weighted by atomic mass is 32.1. The van der Waals surface area contributed by atoms with Crippen LogP contribution < -0.4 is 20.3 Å². The first-order valence-corrected chi connectivity index (χ1v) is 10.5. The van der Waals surface area contributed by atoms with Gasteiger partial charge in [-0.05, 0) is 57.0 Å². The van der Waals surface area contributed by atoms with Crippen molar-refractivity contribution in [2.45, 2.75) is 38.6 Å². The number of nitrogens with zero attached hydrogens (tertiary/aromatic N) is 3. The van der Waals surface area contributed by atoms with E-state index in [1.54, 1.807) is 7.11 Å². The average Bonchev–Trinajstić information content (AvgIpc) is 2.72. The van der Waals surface area contributed by atoms with Crippen molar-refractivity contribution >= 4 is 29.1 Å². The molecule has 0 saturated carbocycles. The summed E-state index contributed by atoms with van der Waals surface area (Å²) in [6, 6.07) is 11.9. The van der Waals surface area contributed by atoms with E-state index >= 15 is 0 Å². The second-order valence-electron chi connectivity index (χ2n) is 7.07. The van der Waals surface area contributed by atoms with Gasteiger partial charge in [0.15, 0.2) is 5.11 Å². The molecule has 2 heterocycles. The molecular formula is C21H29N5O2S. The Kier molecular flexibility index (Phi) is 8.01. The zero-order valence-corrected chi connectivity index (χ0v) is 17.9. The lowest BCUT2D eigenvalue weighted by Crippen LogP contribution is -2.38. The van der Waals surface area contributed by atoms with Gasteiger partial charge >= 0.3 is 0 Å². The Morgan fingerprint density at radius 2 is 2.07 bits per heavy atom. The van der Waals surface area contributed by atoms with Gasteiger partial charge in [-0.3, -0.25) is 0 Å². The second-order valence-corrected chi connectivity index (χ2v) is 7.48. The van der Waals surface area contributed by atoms with Crippen LogP contribution in [0, 0.1) is 0 Å². The maximum absolute atomic E-state index is 5.98. The fourth-order valence-electron chi connectivity index (χ4n) is 3.28. The van der Waals surface area contributed by atoms with Crippen molar-refractivity contribution in [3.8, 4) is 11.6 Å². The normalized spacial score (nSPS) is 16.3. The lowest BCUT2D eigenvalue weighted by molar-refractivity contribution is 0.196. The summed E-state index contributed by atoms with van der Waals surface area (Å²) >= 11 is 5.38. The maximum Gasteiger partial charge on any atom is 0.234 e. The number of nitrogens with one attached hydrogen (secondary N) is 2. The number of rotatable bonds is 8. The third-order valence-corrected chi connectivity index (χ3v) is 5.03. The lowest BCUT2D eigenvalue weighted by Gasteiger charge is -2.34. The van der Waals surface area contributed by atoms with E-state index in [0.29, 0.717) is 29.6 Å². The van der Waals surface area contributed by atoms with E-state index in [9.17, 15) is 0 Å². The molecule has 0 aliphatic carbocycles. The van der Waals surface area contributed by atoms with Crippen LogP contribution in [-0.2, 0) is 4.74 Å². The van der Waals surface area contributed by atoms with Crippen molar-refractivity contribution in [2.24, 2.45) is 0 Å². The molecule has 1 aromatic heterocycles. The largest absolute Gasteiger partial charge is 0.439 e. The predicted octanol–water partition coefficient (Wildman–Crippen LogP) is 3.97. The van der Waals surface area contributed by atoms with Gasteiger partial charge in [0.2, 0.25) is 11.8 Å². The van der Waals surface area contributed by atoms with Crippen molar-refractivity contribution in [2.75, 3.05) is 37.0 Å². The summed E-state index contributed by atoms with van der Waals surface area (Å²) in [5.41, 5.74) is 0. The third-order valence-electron chi connectivity index (χ3n) is 4.79. The van der Waals surface area contributed by atoms with Crippen LogP contribution in [-0.4, -0.2) is 47.9 Å². The zero-order valence-electron chi connectivity index (χ0n) is 17.1. The van der Waals surface area contributed by atoms with Gasteiger partial charge in [-0.15, -0.1) is 0 Å². The highest BCUT2D eigenvalue weighted by Gasteiger charge is 2.21. The van der Waals surface area contributed by atoms with Gasteiger partial charge < -0.3 is 25.0 Å². The Balaban J connectivity index is 1.77. The van der Waals surface area contributed by atoms with E-state index in [2.05, 4.69) is 27.4 Å². The van der Waals surface area contributed by atoms with Crippen molar-refractivity contribution in [1.29, 1.82) is 0 Å². The van der Waals surface area contributed by atoms with Crippen LogP contribution in [0.1, 0.15) is 32.6 Å². The molecule has 0 amide bonds. The number of aromatic nitrogens is 2. The first kappa shape index (κ1) is 21.3. The average molecular weight is 416 g/mol. The van der Waals surface area contributed by atoms with E-state index in [4.69, 9.17) is 26.7 Å². The molecule has 1 aliphatic rings. The monoisotopic (exact) mass is 415 g/mol. The van der Waals surface area contributed by atoms with Gasteiger partial charge in [0.1, 0.15) is 11.6 Å². The van der Waals surface area contributed by atoms with E-state index in [1.165, 1.54) is 6.42 Å². The molecule has 1 saturated heterocycles. The fourth-order valence-corrected chi connectivity index (χ4v) is 3.47. The molecule has 156 valence electrons. The van der Waals surface area contributed by atoms with Gasteiger partial charge in [0.05, 0.1) is 0 Å². The summed E-state index contributed by atoms with van der Waals surface area (Å²) in [6.45, 7) is 4.61. The summed E-state index contributed by atoms with van der Waals surface area (Å²) in [4.78, 5) is 11.5. The molecule has 8 heteroatoms. The lowest BCUT2D eigenvalue weighted by atomic mass is 10.0. The van der Waals surface area contributed by atoms with Gasteiger partial charge in [-0.1, -0.05) is 18.2 Å². The van der Waals surface area contributed by atoms with Crippen molar-refractivity contribution in [3.63, 3.8) is 0 Å². The Labute approximate surface area is 177 Å².